The number of hydrogen-bond donors (Lipinski definition) is 1. The molecule has 2 rings (SSSR count). The lowest BCUT2D eigenvalue weighted by Crippen LogP contribution is -2.07. The van der Waals surface area contributed by atoms with Gasteiger partial charge in [0.05, 0.1) is 6.10 Å². The lowest BCUT2D eigenvalue weighted by molar-refractivity contribution is 0.162. The van der Waals surface area contributed by atoms with E-state index in [4.69, 9.17) is 0 Å². The number of rotatable bonds is 0. The Labute approximate surface area is 91.4 Å². The highest BCUT2D eigenvalue weighted by Crippen LogP contribution is 2.22. The van der Waals surface area contributed by atoms with Gasteiger partial charge in [-0.25, -0.2) is 0 Å². The van der Waals surface area contributed by atoms with Gasteiger partial charge in [0, 0.05) is 0 Å². The van der Waals surface area contributed by atoms with Gasteiger partial charge in [-0.2, -0.15) is 0 Å². The molecule has 0 spiro atoms. The molecule has 1 atom stereocenters. The molecule has 1 aliphatic rings. The van der Waals surface area contributed by atoms with Crippen molar-refractivity contribution >= 4 is 0 Å². The molecular weight excluding hydrogens is 184 g/mol. The molecule has 80 valence electrons. The first-order chi connectivity index (χ1) is 7.25. The monoisotopic (exact) mass is 202 g/mol. The maximum atomic E-state index is 9.73. The Morgan fingerprint density at radius 1 is 1.20 bits per heavy atom. The van der Waals surface area contributed by atoms with Gasteiger partial charge in [-0.3, -0.25) is 0 Å². The molecule has 1 aromatic rings. The van der Waals surface area contributed by atoms with Crippen LogP contribution in [-0.4, -0.2) is 11.2 Å². The number of benzene rings is 1. The van der Waals surface area contributed by atoms with E-state index in [-0.39, 0.29) is 6.10 Å². The molecule has 1 nitrogen and oxygen atoms in total. The molecule has 0 radical (unpaired) electrons. The van der Waals surface area contributed by atoms with Crippen LogP contribution in [0.25, 0.3) is 0 Å². The number of aryl methyl sites for hydroxylation is 1. The van der Waals surface area contributed by atoms with Crippen LogP contribution >= 0.6 is 0 Å². The molecule has 1 heteroatoms. The summed E-state index contributed by atoms with van der Waals surface area (Å²) in [6.07, 6.45) is 4.55. The van der Waals surface area contributed by atoms with E-state index in [0.717, 1.165) is 37.7 Å². The van der Waals surface area contributed by atoms with Crippen LogP contribution < -0.4 is 0 Å². The zero-order valence-corrected chi connectivity index (χ0v) is 9.08. The van der Waals surface area contributed by atoms with Crippen molar-refractivity contribution in [1.29, 1.82) is 0 Å². The van der Waals surface area contributed by atoms with Crippen LogP contribution in [0.15, 0.2) is 36.4 Å². The smallest absolute Gasteiger partial charge is 0.0577 e. The van der Waals surface area contributed by atoms with Gasteiger partial charge >= 0.3 is 0 Å². The first-order valence-electron chi connectivity index (χ1n) is 5.67. The Morgan fingerprint density at radius 3 is 2.73 bits per heavy atom. The molecular formula is C14H18O. The summed E-state index contributed by atoms with van der Waals surface area (Å²) in [5, 5.41) is 9.73. The van der Waals surface area contributed by atoms with Crippen LogP contribution in [0.5, 0.6) is 0 Å². The number of hydrogen-bond acceptors (Lipinski definition) is 1. The third-order valence-electron chi connectivity index (χ3n) is 3.07. The van der Waals surface area contributed by atoms with Gasteiger partial charge in [-0.05, 0) is 43.2 Å². The standard InChI is InChI=1S/C14H18O/c1-11-9-13-6-3-2-5-12(13)7-4-8-14(15)10-11/h2-3,5-6,14-15H,1,4,7-10H2. The summed E-state index contributed by atoms with van der Waals surface area (Å²) in [7, 11) is 0. The van der Waals surface area contributed by atoms with E-state index in [1.807, 2.05) is 0 Å². The average molecular weight is 202 g/mol. The number of aliphatic hydroxyl groups is 1. The molecule has 0 heterocycles. The first kappa shape index (κ1) is 10.4. The highest BCUT2D eigenvalue weighted by atomic mass is 16.3. The van der Waals surface area contributed by atoms with Crippen LogP contribution in [0, 0.1) is 0 Å². The topological polar surface area (TPSA) is 20.2 Å². The molecule has 0 aromatic heterocycles. The van der Waals surface area contributed by atoms with Crippen LogP contribution in [-0.2, 0) is 12.8 Å². The second kappa shape index (κ2) is 4.63. The van der Waals surface area contributed by atoms with Crippen LogP contribution in [0.3, 0.4) is 0 Å². The molecule has 0 fully saturated rings. The Balaban J connectivity index is 2.23. The maximum absolute atomic E-state index is 9.73. The Hall–Kier alpha value is -1.08. The second-order valence-electron chi connectivity index (χ2n) is 4.45. The largest absolute Gasteiger partial charge is 0.393 e. The minimum Gasteiger partial charge on any atom is -0.393 e. The Bertz CT molecular complexity index is 354. The van der Waals surface area contributed by atoms with Gasteiger partial charge in [-0.1, -0.05) is 36.4 Å². The summed E-state index contributed by atoms with van der Waals surface area (Å²) in [5.74, 6) is 0. The van der Waals surface area contributed by atoms with Crippen molar-refractivity contribution in [3.05, 3.63) is 47.5 Å². The zero-order chi connectivity index (χ0) is 10.7. The lowest BCUT2D eigenvalue weighted by atomic mass is 9.98. The van der Waals surface area contributed by atoms with Crippen LogP contribution in [0.1, 0.15) is 30.4 Å². The summed E-state index contributed by atoms with van der Waals surface area (Å²) < 4.78 is 0. The Morgan fingerprint density at radius 2 is 1.93 bits per heavy atom. The molecule has 1 N–H and O–H groups in total. The van der Waals surface area contributed by atoms with Crippen LogP contribution in [0.4, 0.5) is 0 Å². The SMILES string of the molecule is C=C1Cc2ccccc2CCCC(O)C1. The van der Waals surface area contributed by atoms with Gasteiger partial charge in [0.2, 0.25) is 0 Å². The summed E-state index contributed by atoms with van der Waals surface area (Å²) in [4.78, 5) is 0. The predicted molar refractivity (Wildman–Crippen MR) is 62.8 cm³/mol. The normalized spacial score (nSPS) is 22.5. The summed E-state index contributed by atoms with van der Waals surface area (Å²) in [6, 6.07) is 8.55. The van der Waals surface area contributed by atoms with E-state index >= 15 is 0 Å². The molecule has 0 bridgehead atoms. The second-order valence-corrected chi connectivity index (χ2v) is 4.45. The van der Waals surface area contributed by atoms with Crippen molar-refractivity contribution in [2.45, 2.75) is 38.2 Å². The fourth-order valence-corrected chi connectivity index (χ4v) is 2.28. The molecule has 0 saturated heterocycles. The third kappa shape index (κ3) is 2.69. The molecule has 1 aromatic carbocycles. The summed E-state index contributed by atoms with van der Waals surface area (Å²) >= 11 is 0. The highest BCUT2D eigenvalue weighted by molar-refractivity contribution is 5.31. The van der Waals surface area contributed by atoms with Crippen molar-refractivity contribution in [1.82, 2.24) is 0 Å². The molecule has 1 aliphatic carbocycles. The molecule has 15 heavy (non-hydrogen) atoms. The van der Waals surface area contributed by atoms with Crippen molar-refractivity contribution in [2.75, 3.05) is 0 Å². The maximum Gasteiger partial charge on any atom is 0.0577 e. The van der Waals surface area contributed by atoms with Gasteiger partial charge < -0.3 is 5.11 Å². The van der Waals surface area contributed by atoms with Crippen molar-refractivity contribution in [3.8, 4) is 0 Å². The summed E-state index contributed by atoms with van der Waals surface area (Å²) in [5.41, 5.74) is 3.96. The highest BCUT2D eigenvalue weighted by Gasteiger charge is 2.12. The third-order valence-corrected chi connectivity index (χ3v) is 3.07. The van der Waals surface area contributed by atoms with E-state index in [0.29, 0.717) is 0 Å². The van der Waals surface area contributed by atoms with Gasteiger partial charge in [-0.15, -0.1) is 0 Å². The van der Waals surface area contributed by atoms with Gasteiger partial charge in [0.1, 0.15) is 0 Å². The average Bonchev–Trinajstić information content (AvgIpc) is 2.25. The van der Waals surface area contributed by atoms with Crippen molar-refractivity contribution in [3.63, 3.8) is 0 Å². The van der Waals surface area contributed by atoms with E-state index in [1.165, 1.54) is 11.1 Å². The summed E-state index contributed by atoms with van der Waals surface area (Å²) in [6.45, 7) is 4.05. The molecule has 0 saturated carbocycles. The number of aliphatic hydroxyl groups excluding tert-OH is 1. The minimum atomic E-state index is -0.188. The molecule has 0 amide bonds. The van der Waals surface area contributed by atoms with E-state index < -0.39 is 0 Å². The van der Waals surface area contributed by atoms with Crippen molar-refractivity contribution in [2.24, 2.45) is 0 Å². The number of fused-ring (bicyclic) bond motifs is 1. The van der Waals surface area contributed by atoms with Gasteiger partial charge in [0.15, 0.2) is 0 Å². The van der Waals surface area contributed by atoms with Crippen LogP contribution in [0.2, 0.25) is 0 Å². The molecule has 1 unspecified atom stereocenters. The minimum absolute atomic E-state index is 0.188. The first-order valence-corrected chi connectivity index (χ1v) is 5.67. The fourth-order valence-electron chi connectivity index (χ4n) is 2.28. The fraction of sp³-hybridized carbons (Fsp3) is 0.429. The van der Waals surface area contributed by atoms with Crippen molar-refractivity contribution < 1.29 is 5.11 Å². The Kier molecular flexibility index (Phi) is 3.22. The zero-order valence-electron chi connectivity index (χ0n) is 9.08. The predicted octanol–water partition coefficient (Wildman–Crippen LogP) is 2.87. The van der Waals surface area contributed by atoms with E-state index in [9.17, 15) is 5.11 Å². The van der Waals surface area contributed by atoms with Gasteiger partial charge in [0.25, 0.3) is 0 Å². The van der Waals surface area contributed by atoms with E-state index in [1.54, 1.807) is 0 Å². The lowest BCUT2D eigenvalue weighted by Gasteiger charge is -2.10. The molecule has 0 aliphatic heterocycles. The van der Waals surface area contributed by atoms with E-state index in [2.05, 4.69) is 30.8 Å². The quantitative estimate of drug-likeness (QED) is 0.641.